The number of guanidine groups is 1. The summed E-state index contributed by atoms with van der Waals surface area (Å²) in [6.45, 7) is 0. The Kier molecular flexibility index (Phi) is 4.12. The monoisotopic (exact) mass is 254 g/mol. The SMILES string of the molecule is N=C(N)NN=Cc1cccc(Oc2ccccc2)c1. The molecule has 2 aromatic carbocycles. The number of hydrogen-bond donors (Lipinski definition) is 3. The van der Waals surface area contributed by atoms with Crippen LogP contribution in [0.15, 0.2) is 59.7 Å². The van der Waals surface area contributed by atoms with E-state index in [1.54, 1.807) is 6.21 Å². The van der Waals surface area contributed by atoms with Crippen LogP contribution in [0.4, 0.5) is 0 Å². The topological polar surface area (TPSA) is 83.5 Å². The molecular weight excluding hydrogens is 240 g/mol. The molecule has 0 aliphatic heterocycles. The molecule has 0 bridgehead atoms. The quantitative estimate of drug-likeness (QED) is 0.444. The summed E-state index contributed by atoms with van der Waals surface area (Å²) in [5.74, 6) is 1.30. The van der Waals surface area contributed by atoms with Gasteiger partial charge in [0.25, 0.3) is 0 Å². The van der Waals surface area contributed by atoms with E-state index in [4.69, 9.17) is 15.9 Å². The fraction of sp³-hybridized carbons (Fsp3) is 0. The van der Waals surface area contributed by atoms with E-state index in [1.807, 2.05) is 54.6 Å². The van der Waals surface area contributed by atoms with Crippen LogP contribution in [0.3, 0.4) is 0 Å². The van der Waals surface area contributed by atoms with E-state index in [0.717, 1.165) is 17.1 Å². The summed E-state index contributed by atoms with van der Waals surface area (Å²) in [4.78, 5) is 0. The Balaban J connectivity index is 2.07. The van der Waals surface area contributed by atoms with Gasteiger partial charge in [0.1, 0.15) is 11.5 Å². The van der Waals surface area contributed by atoms with Crippen molar-refractivity contribution < 1.29 is 4.74 Å². The Morgan fingerprint density at radius 1 is 1.11 bits per heavy atom. The minimum Gasteiger partial charge on any atom is -0.457 e. The van der Waals surface area contributed by atoms with Crippen molar-refractivity contribution in [3.05, 3.63) is 60.2 Å². The van der Waals surface area contributed by atoms with E-state index in [2.05, 4.69) is 10.5 Å². The molecule has 5 heteroatoms. The molecule has 0 heterocycles. The van der Waals surface area contributed by atoms with Crippen LogP contribution in [0.5, 0.6) is 11.5 Å². The third-order valence-corrected chi connectivity index (χ3v) is 2.24. The molecule has 0 amide bonds. The van der Waals surface area contributed by atoms with Gasteiger partial charge in [-0.15, -0.1) is 0 Å². The van der Waals surface area contributed by atoms with Crippen molar-refractivity contribution >= 4 is 12.2 Å². The zero-order chi connectivity index (χ0) is 13.5. The first-order chi connectivity index (χ1) is 9.24. The van der Waals surface area contributed by atoms with Gasteiger partial charge in [0.05, 0.1) is 6.21 Å². The van der Waals surface area contributed by atoms with E-state index in [9.17, 15) is 0 Å². The fourth-order valence-corrected chi connectivity index (χ4v) is 1.46. The molecule has 0 aromatic heterocycles. The fourth-order valence-electron chi connectivity index (χ4n) is 1.46. The van der Waals surface area contributed by atoms with Gasteiger partial charge in [-0.25, -0.2) is 5.43 Å². The smallest absolute Gasteiger partial charge is 0.206 e. The molecule has 2 rings (SSSR count). The lowest BCUT2D eigenvalue weighted by molar-refractivity contribution is 0.482. The maximum atomic E-state index is 6.98. The van der Waals surface area contributed by atoms with Crippen LogP contribution in [0, 0.1) is 5.41 Å². The Morgan fingerprint density at radius 3 is 2.58 bits per heavy atom. The minimum absolute atomic E-state index is 0.201. The molecule has 19 heavy (non-hydrogen) atoms. The average Bonchev–Trinajstić information content (AvgIpc) is 2.40. The number of ether oxygens (including phenoxy) is 1. The number of rotatable bonds is 4. The van der Waals surface area contributed by atoms with E-state index in [1.165, 1.54) is 0 Å². The van der Waals surface area contributed by atoms with Crippen LogP contribution in [0.2, 0.25) is 0 Å². The first kappa shape index (κ1) is 12.6. The third-order valence-electron chi connectivity index (χ3n) is 2.24. The lowest BCUT2D eigenvalue weighted by Crippen LogP contribution is -2.25. The molecule has 4 N–H and O–H groups in total. The Hall–Kier alpha value is -2.82. The van der Waals surface area contributed by atoms with E-state index < -0.39 is 0 Å². The Labute approximate surface area is 111 Å². The van der Waals surface area contributed by atoms with Crippen LogP contribution in [-0.2, 0) is 0 Å². The molecule has 0 radical (unpaired) electrons. The zero-order valence-corrected chi connectivity index (χ0v) is 10.2. The van der Waals surface area contributed by atoms with Crippen molar-refractivity contribution in [1.29, 1.82) is 5.41 Å². The van der Waals surface area contributed by atoms with E-state index in [-0.39, 0.29) is 5.96 Å². The highest BCUT2D eigenvalue weighted by atomic mass is 16.5. The number of para-hydroxylation sites is 1. The van der Waals surface area contributed by atoms with Crippen molar-refractivity contribution in [3.63, 3.8) is 0 Å². The van der Waals surface area contributed by atoms with Gasteiger partial charge in [0, 0.05) is 0 Å². The molecule has 0 unspecified atom stereocenters. The number of nitrogens with one attached hydrogen (secondary N) is 2. The van der Waals surface area contributed by atoms with Gasteiger partial charge in [-0.1, -0.05) is 30.3 Å². The third kappa shape index (κ3) is 4.16. The minimum atomic E-state index is -0.201. The first-order valence-electron chi connectivity index (χ1n) is 5.70. The number of nitrogens with zero attached hydrogens (tertiary/aromatic N) is 1. The molecule has 0 aliphatic carbocycles. The van der Waals surface area contributed by atoms with Crippen molar-refractivity contribution in [3.8, 4) is 11.5 Å². The standard InChI is InChI=1S/C14H14N4O/c15-14(16)18-17-10-11-5-4-8-13(9-11)19-12-6-2-1-3-7-12/h1-10H,(H4,15,16,18). The summed E-state index contributed by atoms with van der Waals surface area (Å²) in [5, 5.41) is 10.8. The second-order valence-corrected chi connectivity index (χ2v) is 3.77. The summed E-state index contributed by atoms with van der Waals surface area (Å²) in [6, 6.07) is 17.0. The van der Waals surface area contributed by atoms with Gasteiger partial charge in [0.15, 0.2) is 0 Å². The zero-order valence-electron chi connectivity index (χ0n) is 10.2. The number of hydrazone groups is 1. The summed E-state index contributed by atoms with van der Waals surface area (Å²) in [6.07, 6.45) is 1.57. The summed E-state index contributed by atoms with van der Waals surface area (Å²) in [7, 11) is 0. The van der Waals surface area contributed by atoms with Crippen LogP contribution in [0.25, 0.3) is 0 Å². The molecule has 0 aliphatic rings. The normalized spacial score (nSPS) is 10.3. The van der Waals surface area contributed by atoms with Gasteiger partial charge in [-0.3, -0.25) is 5.41 Å². The van der Waals surface area contributed by atoms with Crippen LogP contribution in [-0.4, -0.2) is 12.2 Å². The maximum Gasteiger partial charge on any atom is 0.206 e. The molecule has 0 spiro atoms. The highest BCUT2D eigenvalue weighted by molar-refractivity contribution is 5.82. The van der Waals surface area contributed by atoms with Gasteiger partial charge in [-0.2, -0.15) is 5.10 Å². The summed E-state index contributed by atoms with van der Waals surface area (Å²) >= 11 is 0. The van der Waals surface area contributed by atoms with Crippen LogP contribution < -0.4 is 15.9 Å². The van der Waals surface area contributed by atoms with Crippen molar-refractivity contribution in [1.82, 2.24) is 5.43 Å². The second-order valence-electron chi connectivity index (χ2n) is 3.77. The molecule has 96 valence electrons. The van der Waals surface area contributed by atoms with Gasteiger partial charge >= 0.3 is 0 Å². The lowest BCUT2D eigenvalue weighted by Gasteiger charge is -2.05. The largest absolute Gasteiger partial charge is 0.457 e. The molecule has 0 fully saturated rings. The van der Waals surface area contributed by atoms with Crippen molar-refractivity contribution in [2.24, 2.45) is 10.8 Å². The molecular formula is C14H14N4O. The molecule has 2 aromatic rings. The van der Waals surface area contributed by atoms with Crippen LogP contribution in [0.1, 0.15) is 5.56 Å². The van der Waals surface area contributed by atoms with Crippen molar-refractivity contribution in [2.45, 2.75) is 0 Å². The first-order valence-corrected chi connectivity index (χ1v) is 5.70. The Morgan fingerprint density at radius 2 is 1.84 bits per heavy atom. The summed E-state index contributed by atoms with van der Waals surface area (Å²) in [5.41, 5.74) is 8.32. The second kappa shape index (κ2) is 6.20. The predicted molar refractivity (Wildman–Crippen MR) is 75.6 cm³/mol. The predicted octanol–water partition coefficient (Wildman–Crippen LogP) is 2.30. The van der Waals surface area contributed by atoms with Gasteiger partial charge < -0.3 is 10.5 Å². The average molecular weight is 254 g/mol. The van der Waals surface area contributed by atoms with Crippen molar-refractivity contribution in [2.75, 3.05) is 0 Å². The van der Waals surface area contributed by atoms with Gasteiger partial charge in [0.2, 0.25) is 5.96 Å². The highest BCUT2D eigenvalue weighted by Crippen LogP contribution is 2.21. The Bertz CT molecular complexity index is 581. The number of nitrogens with two attached hydrogens (primary N) is 1. The van der Waals surface area contributed by atoms with E-state index >= 15 is 0 Å². The van der Waals surface area contributed by atoms with Crippen LogP contribution >= 0.6 is 0 Å². The summed E-state index contributed by atoms with van der Waals surface area (Å²) < 4.78 is 5.70. The molecule has 0 saturated heterocycles. The lowest BCUT2D eigenvalue weighted by atomic mass is 10.2. The van der Waals surface area contributed by atoms with E-state index in [0.29, 0.717) is 0 Å². The van der Waals surface area contributed by atoms with Gasteiger partial charge in [-0.05, 0) is 29.8 Å². The number of benzene rings is 2. The number of hydrogen-bond acceptors (Lipinski definition) is 3. The maximum absolute atomic E-state index is 6.98. The molecule has 0 saturated carbocycles. The highest BCUT2D eigenvalue weighted by Gasteiger charge is 1.97. The molecule has 0 atom stereocenters. The molecule has 5 nitrogen and oxygen atoms in total.